The van der Waals surface area contributed by atoms with Gasteiger partial charge in [-0.1, -0.05) is 29.0 Å². The summed E-state index contributed by atoms with van der Waals surface area (Å²) in [5.41, 5.74) is 4.48. The highest BCUT2D eigenvalue weighted by Gasteiger charge is 2.19. The zero-order chi connectivity index (χ0) is 20.5. The first kappa shape index (κ1) is 19.3. The van der Waals surface area contributed by atoms with Crippen molar-refractivity contribution in [3.05, 3.63) is 64.7 Å². The van der Waals surface area contributed by atoms with Crippen LogP contribution >= 0.6 is 22.9 Å². The van der Waals surface area contributed by atoms with Gasteiger partial charge in [0.05, 0.1) is 29.1 Å². The number of anilines is 1. The SMILES string of the molecule is COc1cnc(Cl)cc1-c1cc(C)ncc1C(=O)Nc1nc2ccc(C)cc2s1. The molecule has 0 atom stereocenters. The Morgan fingerprint density at radius 2 is 1.93 bits per heavy atom. The molecule has 8 heteroatoms. The molecule has 0 unspecified atom stereocenters. The van der Waals surface area contributed by atoms with E-state index >= 15 is 0 Å². The molecule has 0 radical (unpaired) electrons. The average molecular weight is 425 g/mol. The lowest BCUT2D eigenvalue weighted by molar-refractivity contribution is 0.102. The number of nitrogens with one attached hydrogen (secondary N) is 1. The highest BCUT2D eigenvalue weighted by Crippen LogP contribution is 2.34. The van der Waals surface area contributed by atoms with E-state index in [1.165, 1.54) is 17.5 Å². The topological polar surface area (TPSA) is 77.0 Å². The minimum Gasteiger partial charge on any atom is -0.494 e. The molecule has 0 aliphatic heterocycles. The van der Waals surface area contributed by atoms with E-state index in [-0.39, 0.29) is 5.91 Å². The molecule has 1 amide bonds. The Bertz CT molecular complexity index is 1240. The molecule has 4 rings (SSSR count). The van der Waals surface area contributed by atoms with E-state index in [0.29, 0.717) is 32.7 Å². The number of hydrogen-bond acceptors (Lipinski definition) is 6. The molecule has 1 N–H and O–H groups in total. The zero-order valence-electron chi connectivity index (χ0n) is 16.0. The maximum absolute atomic E-state index is 13.1. The number of thiazole rings is 1. The number of carbonyl (C=O) groups excluding carboxylic acids is 1. The minimum atomic E-state index is -0.307. The number of hydrogen-bond donors (Lipinski definition) is 1. The molecule has 0 fully saturated rings. The molecule has 0 aliphatic rings. The van der Waals surface area contributed by atoms with Crippen LogP contribution in [0.5, 0.6) is 5.75 Å². The lowest BCUT2D eigenvalue weighted by Gasteiger charge is -2.13. The van der Waals surface area contributed by atoms with Crippen molar-refractivity contribution in [2.45, 2.75) is 13.8 Å². The third-order valence-corrected chi connectivity index (χ3v) is 5.53. The van der Waals surface area contributed by atoms with E-state index in [1.54, 1.807) is 19.4 Å². The van der Waals surface area contributed by atoms with Gasteiger partial charge in [-0.15, -0.1) is 0 Å². The van der Waals surface area contributed by atoms with Gasteiger partial charge in [-0.25, -0.2) is 9.97 Å². The summed E-state index contributed by atoms with van der Waals surface area (Å²) in [6.07, 6.45) is 3.08. The van der Waals surface area contributed by atoms with Gasteiger partial charge in [0.2, 0.25) is 0 Å². The van der Waals surface area contributed by atoms with Crippen LogP contribution in [0.25, 0.3) is 21.3 Å². The van der Waals surface area contributed by atoms with Gasteiger partial charge in [-0.05, 0) is 43.7 Å². The van der Waals surface area contributed by atoms with Gasteiger partial charge in [0, 0.05) is 23.0 Å². The van der Waals surface area contributed by atoms with Crippen LogP contribution in [0.3, 0.4) is 0 Å². The number of benzene rings is 1. The maximum atomic E-state index is 13.1. The molecule has 1 aromatic carbocycles. The summed E-state index contributed by atoms with van der Waals surface area (Å²) in [4.78, 5) is 25.9. The van der Waals surface area contributed by atoms with Crippen molar-refractivity contribution >= 4 is 44.2 Å². The summed E-state index contributed by atoms with van der Waals surface area (Å²) < 4.78 is 6.43. The third-order valence-electron chi connectivity index (χ3n) is 4.39. The summed E-state index contributed by atoms with van der Waals surface area (Å²) in [6, 6.07) is 9.48. The molecule has 0 bridgehead atoms. The average Bonchev–Trinajstić information content (AvgIpc) is 3.09. The van der Waals surface area contributed by atoms with Crippen LogP contribution in [0.2, 0.25) is 5.15 Å². The van der Waals surface area contributed by atoms with Crippen LogP contribution in [0.1, 0.15) is 21.6 Å². The summed E-state index contributed by atoms with van der Waals surface area (Å²) in [5, 5.41) is 3.73. The number of fused-ring (bicyclic) bond motifs is 1. The lowest BCUT2D eigenvalue weighted by atomic mass is 10.0. The number of amides is 1. The fourth-order valence-electron chi connectivity index (χ4n) is 3.00. The third kappa shape index (κ3) is 3.92. The predicted octanol–water partition coefficient (Wildman–Crippen LogP) is 5.28. The van der Waals surface area contributed by atoms with Gasteiger partial charge in [-0.2, -0.15) is 0 Å². The lowest BCUT2D eigenvalue weighted by Crippen LogP contribution is -2.14. The van der Waals surface area contributed by atoms with Crippen molar-refractivity contribution in [1.82, 2.24) is 15.0 Å². The Hall–Kier alpha value is -3.03. The molecule has 3 aromatic heterocycles. The Morgan fingerprint density at radius 1 is 1.10 bits per heavy atom. The van der Waals surface area contributed by atoms with E-state index in [4.69, 9.17) is 16.3 Å². The molecular formula is C21H17ClN4O2S. The Morgan fingerprint density at radius 3 is 2.72 bits per heavy atom. The van der Waals surface area contributed by atoms with Gasteiger partial charge in [0.1, 0.15) is 10.9 Å². The highest BCUT2D eigenvalue weighted by molar-refractivity contribution is 7.22. The molecule has 6 nitrogen and oxygen atoms in total. The number of aromatic nitrogens is 3. The largest absolute Gasteiger partial charge is 0.494 e. The molecule has 0 saturated carbocycles. The standard InChI is InChI=1S/C21H17ClN4O2S/c1-11-4-5-16-18(6-11)29-21(25-16)26-20(27)15-9-23-12(2)7-13(15)14-8-19(22)24-10-17(14)28-3/h4-10H,1-3H3,(H,25,26,27). The van der Waals surface area contributed by atoms with Crippen LogP contribution in [-0.2, 0) is 0 Å². The normalized spacial score (nSPS) is 10.9. The second-order valence-corrected chi connectivity index (χ2v) is 7.94. The number of nitrogens with zero attached hydrogens (tertiary/aromatic N) is 3. The number of ether oxygens (including phenoxy) is 1. The smallest absolute Gasteiger partial charge is 0.259 e. The van der Waals surface area contributed by atoms with Crippen molar-refractivity contribution in [2.75, 3.05) is 12.4 Å². The quantitative estimate of drug-likeness (QED) is 0.451. The molecule has 146 valence electrons. The molecule has 3 heterocycles. The van der Waals surface area contributed by atoms with E-state index in [9.17, 15) is 4.79 Å². The molecule has 29 heavy (non-hydrogen) atoms. The summed E-state index contributed by atoms with van der Waals surface area (Å²) >= 11 is 7.52. The van der Waals surface area contributed by atoms with Crippen molar-refractivity contribution in [3.8, 4) is 16.9 Å². The fraction of sp³-hybridized carbons (Fsp3) is 0.143. The van der Waals surface area contributed by atoms with Gasteiger partial charge in [-0.3, -0.25) is 15.1 Å². The van der Waals surface area contributed by atoms with Crippen molar-refractivity contribution in [3.63, 3.8) is 0 Å². The predicted molar refractivity (Wildman–Crippen MR) is 116 cm³/mol. The van der Waals surface area contributed by atoms with Crippen LogP contribution in [0.15, 0.2) is 42.7 Å². The molecule has 4 aromatic rings. The van der Waals surface area contributed by atoms with Crippen LogP contribution in [0.4, 0.5) is 5.13 Å². The first-order chi connectivity index (χ1) is 13.9. The minimum absolute atomic E-state index is 0.307. The van der Waals surface area contributed by atoms with Crippen molar-refractivity contribution < 1.29 is 9.53 Å². The van der Waals surface area contributed by atoms with Crippen LogP contribution < -0.4 is 10.1 Å². The van der Waals surface area contributed by atoms with Gasteiger partial charge in [0.15, 0.2) is 5.13 Å². The van der Waals surface area contributed by atoms with Crippen LogP contribution in [0, 0.1) is 13.8 Å². The zero-order valence-corrected chi connectivity index (χ0v) is 17.6. The number of methoxy groups -OCH3 is 1. The van der Waals surface area contributed by atoms with E-state index in [1.807, 2.05) is 38.1 Å². The first-order valence-electron chi connectivity index (χ1n) is 8.79. The maximum Gasteiger partial charge on any atom is 0.259 e. The second kappa shape index (κ2) is 7.77. The number of carbonyl (C=O) groups is 1. The number of rotatable bonds is 4. The first-order valence-corrected chi connectivity index (χ1v) is 9.99. The Kier molecular flexibility index (Phi) is 5.17. The number of pyridine rings is 2. The molecule has 0 spiro atoms. The van der Waals surface area contributed by atoms with Crippen molar-refractivity contribution in [2.24, 2.45) is 0 Å². The molecule has 0 saturated heterocycles. The molecular weight excluding hydrogens is 408 g/mol. The van der Waals surface area contributed by atoms with E-state index < -0.39 is 0 Å². The number of halogens is 1. The Labute approximate surface area is 176 Å². The van der Waals surface area contributed by atoms with Gasteiger partial charge < -0.3 is 4.74 Å². The second-order valence-electron chi connectivity index (χ2n) is 6.52. The summed E-state index contributed by atoms with van der Waals surface area (Å²) in [5.74, 6) is 0.211. The Balaban J connectivity index is 1.75. The van der Waals surface area contributed by atoms with Crippen LogP contribution in [-0.4, -0.2) is 28.0 Å². The highest BCUT2D eigenvalue weighted by atomic mass is 35.5. The van der Waals surface area contributed by atoms with E-state index in [2.05, 4.69) is 20.3 Å². The van der Waals surface area contributed by atoms with Gasteiger partial charge in [0.25, 0.3) is 5.91 Å². The van der Waals surface area contributed by atoms with E-state index in [0.717, 1.165) is 21.5 Å². The number of aryl methyl sites for hydroxylation is 2. The molecule has 0 aliphatic carbocycles. The van der Waals surface area contributed by atoms with Crippen molar-refractivity contribution in [1.29, 1.82) is 0 Å². The summed E-state index contributed by atoms with van der Waals surface area (Å²) in [7, 11) is 1.55. The summed E-state index contributed by atoms with van der Waals surface area (Å²) in [6.45, 7) is 3.88. The monoisotopic (exact) mass is 424 g/mol. The van der Waals surface area contributed by atoms with Gasteiger partial charge >= 0.3 is 0 Å². The fourth-order valence-corrected chi connectivity index (χ4v) is 4.12.